The Hall–Kier alpha value is -1.37. The SMILES string of the molecule is C=c1cncc/c1=C/C/C=C\CC. The van der Waals surface area contributed by atoms with Crippen molar-refractivity contribution in [2.45, 2.75) is 19.8 Å². The smallest absolute Gasteiger partial charge is 0.0340 e. The van der Waals surface area contributed by atoms with Gasteiger partial charge in [-0.15, -0.1) is 0 Å². The zero-order valence-corrected chi connectivity index (χ0v) is 8.03. The first-order valence-corrected chi connectivity index (χ1v) is 4.58. The van der Waals surface area contributed by atoms with Crippen molar-refractivity contribution < 1.29 is 0 Å². The molecule has 0 spiro atoms. The van der Waals surface area contributed by atoms with Crippen molar-refractivity contribution in [2.75, 3.05) is 0 Å². The van der Waals surface area contributed by atoms with E-state index in [0.29, 0.717) is 0 Å². The minimum Gasteiger partial charge on any atom is -0.264 e. The Balaban J connectivity index is 2.77. The summed E-state index contributed by atoms with van der Waals surface area (Å²) < 4.78 is 0. The lowest BCUT2D eigenvalue weighted by atomic mass is 10.2. The Kier molecular flexibility index (Phi) is 3.97. The predicted octanol–water partition coefficient (Wildman–Crippen LogP) is 1.63. The molecule has 0 aliphatic heterocycles. The Bertz CT molecular complexity index is 376. The summed E-state index contributed by atoms with van der Waals surface area (Å²) in [5, 5.41) is 2.17. The maximum Gasteiger partial charge on any atom is 0.0340 e. The van der Waals surface area contributed by atoms with E-state index in [1.165, 1.54) is 5.22 Å². The number of pyridine rings is 1. The van der Waals surface area contributed by atoms with Crippen molar-refractivity contribution in [1.82, 2.24) is 4.98 Å². The molecular formula is C12H15N. The molecule has 68 valence electrons. The molecule has 0 bridgehead atoms. The van der Waals surface area contributed by atoms with Crippen molar-refractivity contribution in [3.05, 3.63) is 41.0 Å². The third-order valence-electron chi connectivity index (χ3n) is 1.82. The molecule has 1 heterocycles. The van der Waals surface area contributed by atoms with E-state index < -0.39 is 0 Å². The third kappa shape index (κ3) is 3.24. The highest BCUT2D eigenvalue weighted by molar-refractivity contribution is 5.26. The van der Waals surface area contributed by atoms with E-state index in [1.54, 1.807) is 12.4 Å². The fourth-order valence-corrected chi connectivity index (χ4v) is 1.09. The summed E-state index contributed by atoms with van der Waals surface area (Å²) in [7, 11) is 0. The molecule has 1 aromatic rings. The molecule has 0 saturated heterocycles. The molecule has 1 aromatic heterocycles. The highest BCUT2D eigenvalue weighted by Gasteiger charge is 1.79. The number of nitrogens with zero attached hydrogens (tertiary/aromatic N) is 1. The van der Waals surface area contributed by atoms with E-state index >= 15 is 0 Å². The second kappa shape index (κ2) is 5.31. The summed E-state index contributed by atoms with van der Waals surface area (Å²) >= 11 is 0. The summed E-state index contributed by atoms with van der Waals surface area (Å²) in [6, 6.07) is 1.99. The lowest BCUT2D eigenvalue weighted by Crippen LogP contribution is -2.22. The first-order valence-electron chi connectivity index (χ1n) is 4.58. The lowest BCUT2D eigenvalue weighted by molar-refractivity contribution is 1.20. The zero-order valence-electron chi connectivity index (χ0n) is 8.03. The van der Waals surface area contributed by atoms with Crippen LogP contribution in [0.4, 0.5) is 0 Å². The average molecular weight is 173 g/mol. The van der Waals surface area contributed by atoms with Gasteiger partial charge in [0.2, 0.25) is 0 Å². The van der Waals surface area contributed by atoms with Gasteiger partial charge < -0.3 is 0 Å². The molecule has 1 nitrogen and oxygen atoms in total. The molecule has 0 N–H and O–H groups in total. The fourth-order valence-electron chi connectivity index (χ4n) is 1.09. The average Bonchev–Trinajstić information content (AvgIpc) is 2.15. The molecule has 0 aliphatic rings. The highest BCUT2D eigenvalue weighted by atomic mass is 14.6. The molecule has 0 aliphatic carbocycles. The zero-order chi connectivity index (χ0) is 9.52. The Morgan fingerprint density at radius 1 is 1.46 bits per heavy atom. The van der Waals surface area contributed by atoms with Gasteiger partial charge in [-0.25, -0.2) is 0 Å². The number of aromatic nitrogens is 1. The second-order valence-corrected chi connectivity index (χ2v) is 2.89. The Morgan fingerprint density at radius 3 is 3.00 bits per heavy atom. The maximum atomic E-state index is 3.99. The van der Waals surface area contributed by atoms with Crippen LogP contribution in [0.15, 0.2) is 30.6 Å². The molecule has 1 rings (SSSR count). The molecule has 0 radical (unpaired) electrons. The van der Waals surface area contributed by atoms with Crippen LogP contribution >= 0.6 is 0 Å². The number of hydrogen-bond donors (Lipinski definition) is 0. The summed E-state index contributed by atoms with van der Waals surface area (Å²) in [6.07, 6.45) is 12.2. The van der Waals surface area contributed by atoms with Gasteiger partial charge >= 0.3 is 0 Å². The van der Waals surface area contributed by atoms with Gasteiger partial charge in [0.05, 0.1) is 0 Å². The lowest BCUT2D eigenvalue weighted by Gasteiger charge is -1.86. The van der Waals surface area contributed by atoms with Crippen LogP contribution in [-0.4, -0.2) is 4.98 Å². The molecule has 0 fully saturated rings. The quantitative estimate of drug-likeness (QED) is 0.633. The van der Waals surface area contributed by atoms with Crippen LogP contribution in [0.5, 0.6) is 0 Å². The van der Waals surface area contributed by atoms with Crippen molar-refractivity contribution in [2.24, 2.45) is 0 Å². The van der Waals surface area contributed by atoms with Crippen molar-refractivity contribution in [3.63, 3.8) is 0 Å². The van der Waals surface area contributed by atoms with E-state index in [4.69, 9.17) is 0 Å². The first kappa shape index (κ1) is 9.72. The van der Waals surface area contributed by atoms with E-state index in [2.05, 4.69) is 36.7 Å². The molecule has 0 aromatic carbocycles. The monoisotopic (exact) mass is 173 g/mol. The van der Waals surface area contributed by atoms with Gasteiger partial charge in [0.15, 0.2) is 0 Å². The van der Waals surface area contributed by atoms with Crippen LogP contribution in [0.25, 0.3) is 12.7 Å². The normalized spacial score (nSPS) is 12.5. The molecule has 13 heavy (non-hydrogen) atoms. The minimum atomic E-state index is 0.973. The second-order valence-electron chi connectivity index (χ2n) is 2.89. The molecule has 0 atom stereocenters. The van der Waals surface area contributed by atoms with Gasteiger partial charge in [0.25, 0.3) is 0 Å². The van der Waals surface area contributed by atoms with Crippen LogP contribution < -0.4 is 10.4 Å². The van der Waals surface area contributed by atoms with E-state index in [0.717, 1.165) is 18.1 Å². The van der Waals surface area contributed by atoms with Gasteiger partial charge in [-0.3, -0.25) is 4.98 Å². The predicted molar refractivity (Wildman–Crippen MR) is 57.5 cm³/mol. The largest absolute Gasteiger partial charge is 0.264 e. The minimum absolute atomic E-state index is 0.973. The van der Waals surface area contributed by atoms with E-state index in [-0.39, 0.29) is 0 Å². The number of rotatable bonds is 3. The molecule has 1 heteroatoms. The summed E-state index contributed by atoms with van der Waals surface area (Å²) in [5.41, 5.74) is 0. The van der Waals surface area contributed by atoms with Gasteiger partial charge in [0.1, 0.15) is 0 Å². The first-order chi connectivity index (χ1) is 6.34. The molecule has 0 amide bonds. The molecular weight excluding hydrogens is 158 g/mol. The van der Waals surface area contributed by atoms with E-state index in [1.807, 2.05) is 6.07 Å². The van der Waals surface area contributed by atoms with Crippen LogP contribution in [0.1, 0.15) is 19.8 Å². The third-order valence-corrected chi connectivity index (χ3v) is 1.82. The van der Waals surface area contributed by atoms with Crippen molar-refractivity contribution in [1.29, 1.82) is 0 Å². The van der Waals surface area contributed by atoms with Gasteiger partial charge in [-0.1, -0.05) is 31.7 Å². The summed E-state index contributed by atoms with van der Waals surface area (Å²) in [5.74, 6) is 0. The Labute approximate surface area is 79.1 Å². The topological polar surface area (TPSA) is 12.9 Å². The summed E-state index contributed by atoms with van der Waals surface area (Å²) in [6.45, 7) is 6.04. The highest BCUT2D eigenvalue weighted by Crippen LogP contribution is 1.86. The van der Waals surface area contributed by atoms with Crippen LogP contribution in [0, 0.1) is 0 Å². The van der Waals surface area contributed by atoms with Crippen LogP contribution in [0.2, 0.25) is 0 Å². The molecule has 0 saturated carbocycles. The fraction of sp³-hybridized carbons (Fsp3) is 0.250. The van der Waals surface area contributed by atoms with Crippen molar-refractivity contribution >= 4 is 12.7 Å². The number of hydrogen-bond acceptors (Lipinski definition) is 1. The van der Waals surface area contributed by atoms with Crippen LogP contribution in [0.3, 0.4) is 0 Å². The Morgan fingerprint density at radius 2 is 2.31 bits per heavy atom. The van der Waals surface area contributed by atoms with E-state index in [9.17, 15) is 0 Å². The van der Waals surface area contributed by atoms with Gasteiger partial charge in [-0.05, 0) is 29.3 Å². The standard InChI is InChI=1S/C12H15N/c1-3-4-5-6-7-12-8-9-13-10-11(12)2/h4-5,7-10H,2-3,6H2,1H3/b5-4-,12-7-. The van der Waals surface area contributed by atoms with Gasteiger partial charge in [0, 0.05) is 12.4 Å². The van der Waals surface area contributed by atoms with Gasteiger partial charge in [-0.2, -0.15) is 0 Å². The number of allylic oxidation sites excluding steroid dienone is 2. The van der Waals surface area contributed by atoms with Crippen LogP contribution in [-0.2, 0) is 0 Å². The maximum absolute atomic E-state index is 3.99. The van der Waals surface area contributed by atoms with Crippen molar-refractivity contribution in [3.8, 4) is 0 Å². The summed E-state index contributed by atoms with van der Waals surface area (Å²) in [4.78, 5) is 3.99. The molecule has 0 unspecified atom stereocenters.